The molecule has 3 aromatic rings. The highest BCUT2D eigenvalue weighted by atomic mass is 32.1. The molecule has 2 saturated heterocycles. The van der Waals surface area contributed by atoms with Gasteiger partial charge in [0, 0.05) is 35.6 Å². The van der Waals surface area contributed by atoms with E-state index in [1.165, 1.54) is 37.9 Å². The summed E-state index contributed by atoms with van der Waals surface area (Å²) in [5.74, 6) is 0.404. The van der Waals surface area contributed by atoms with Crippen LogP contribution in [0, 0.1) is 0 Å². The Kier molecular flexibility index (Phi) is 6.39. The van der Waals surface area contributed by atoms with Crippen LogP contribution in [0.2, 0.25) is 0 Å². The largest absolute Gasteiger partial charge is 0.366 e. The number of thiophene rings is 1. The number of anilines is 1. The zero-order chi connectivity index (χ0) is 21.9. The van der Waals surface area contributed by atoms with E-state index in [2.05, 4.69) is 50.8 Å². The van der Waals surface area contributed by atoms with Crippen molar-refractivity contribution >= 4 is 33.1 Å². The summed E-state index contributed by atoms with van der Waals surface area (Å²) in [6.07, 6.45) is 7.86. The molecule has 7 heteroatoms. The molecule has 168 valence electrons. The summed E-state index contributed by atoms with van der Waals surface area (Å²) < 4.78 is 0.908. The number of likely N-dealkylation sites (tertiary alicyclic amines) is 1. The Balaban J connectivity index is 1.42. The molecule has 0 unspecified atom stereocenters. The first-order valence-electron chi connectivity index (χ1n) is 11.7. The number of nitrogens with two attached hydrogens (primary N) is 1. The summed E-state index contributed by atoms with van der Waals surface area (Å²) in [4.78, 5) is 20.3. The van der Waals surface area contributed by atoms with Crippen molar-refractivity contribution in [3.05, 3.63) is 47.7 Å². The van der Waals surface area contributed by atoms with Crippen molar-refractivity contribution in [2.24, 2.45) is 5.73 Å². The Morgan fingerprint density at radius 3 is 2.72 bits per heavy atom. The number of benzene rings is 1. The van der Waals surface area contributed by atoms with Crippen molar-refractivity contribution in [2.45, 2.75) is 44.7 Å². The lowest BCUT2D eigenvalue weighted by Crippen LogP contribution is -2.38. The van der Waals surface area contributed by atoms with Gasteiger partial charge in [-0.3, -0.25) is 9.69 Å². The van der Waals surface area contributed by atoms with Gasteiger partial charge < -0.3 is 16.4 Å². The van der Waals surface area contributed by atoms with Crippen molar-refractivity contribution in [3.8, 4) is 10.4 Å². The predicted molar refractivity (Wildman–Crippen MR) is 132 cm³/mol. The van der Waals surface area contributed by atoms with Gasteiger partial charge in [0.05, 0.1) is 10.3 Å². The highest BCUT2D eigenvalue weighted by Gasteiger charge is 2.19. The van der Waals surface area contributed by atoms with Crippen molar-refractivity contribution < 1.29 is 4.79 Å². The average molecular weight is 450 g/mol. The molecule has 32 heavy (non-hydrogen) atoms. The second-order valence-electron chi connectivity index (χ2n) is 8.96. The summed E-state index contributed by atoms with van der Waals surface area (Å²) in [6, 6.07) is 11.3. The minimum Gasteiger partial charge on any atom is -0.366 e. The van der Waals surface area contributed by atoms with E-state index in [0.29, 0.717) is 11.6 Å². The van der Waals surface area contributed by atoms with Gasteiger partial charge in [-0.15, -0.1) is 11.3 Å². The summed E-state index contributed by atoms with van der Waals surface area (Å²) in [7, 11) is 0. The van der Waals surface area contributed by atoms with E-state index in [9.17, 15) is 4.79 Å². The molecule has 1 atom stereocenters. The third-order valence-corrected chi connectivity index (χ3v) is 7.77. The van der Waals surface area contributed by atoms with E-state index in [0.717, 1.165) is 58.8 Å². The van der Waals surface area contributed by atoms with E-state index >= 15 is 0 Å². The topological polar surface area (TPSA) is 83.3 Å². The zero-order valence-corrected chi connectivity index (χ0v) is 19.2. The lowest BCUT2D eigenvalue weighted by atomic mass is 10.1. The van der Waals surface area contributed by atoms with Crippen LogP contribution in [0.3, 0.4) is 0 Å². The highest BCUT2D eigenvalue weighted by Crippen LogP contribution is 2.38. The first-order valence-corrected chi connectivity index (χ1v) is 12.5. The molecular weight excluding hydrogens is 418 g/mol. The summed E-state index contributed by atoms with van der Waals surface area (Å²) in [5.41, 5.74) is 8.67. The number of aromatic nitrogens is 1. The third-order valence-electron chi connectivity index (χ3n) is 6.55. The Morgan fingerprint density at radius 1 is 1.19 bits per heavy atom. The van der Waals surface area contributed by atoms with E-state index in [4.69, 9.17) is 5.73 Å². The number of hydrogen-bond acceptors (Lipinski definition) is 6. The number of carbonyl (C=O) groups excluding carboxylic acids is 1. The molecule has 0 bridgehead atoms. The fourth-order valence-electron chi connectivity index (χ4n) is 4.78. The molecule has 5 rings (SSSR count). The van der Waals surface area contributed by atoms with Crippen LogP contribution in [-0.2, 0) is 6.54 Å². The van der Waals surface area contributed by atoms with Gasteiger partial charge >= 0.3 is 0 Å². The van der Waals surface area contributed by atoms with Gasteiger partial charge in [-0.25, -0.2) is 4.98 Å². The fourth-order valence-corrected chi connectivity index (χ4v) is 5.95. The normalized spacial score (nSPS) is 19.8. The number of hydrogen-bond donors (Lipinski definition) is 3. The lowest BCUT2D eigenvalue weighted by molar-refractivity contribution is 0.100. The van der Waals surface area contributed by atoms with Crippen LogP contribution in [0.5, 0.6) is 0 Å². The van der Waals surface area contributed by atoms with E-state index in [1.54, 1.807) is 17.5 Å². The van der Waals surface area contributed by atoms with Gasteiger partial charge in [-0.1, -0.05) is 30.7 Å². The van der Waals surface area contributed by atoms with Crippen LogP contribution in [0.1, 0.15) is 48.0 Å². The molecule has 4 heterocycles. The number of piperidine rings is 2. The molecule has 1 aromatic carbocycles. The third kappa shape index (κ3) is 4.65. The molecular formula is C25H31N5OS. The van der Waals surface area contributed by atoms with Crippen LogP contribution in [0.25, 0.3) is 20.5 Å². The smallest absolute Gasteiger partial charge is 0.251 e. The average Bonchev–Trinajstić information content (AvgIpc) is 3.27. The predicted octanol–water partition coefficient (Wildman–Crippen LogP) is 4.21. The Morgan fingerprint density at radius 2 is 2.00 bits per heavy atom. The molecule has 0 aliphatic carbocycles. The number of fused-ring (bicyclic) bond motifs is 1. The number of carbonyl (C=O) groups is 1. The number of primary amides is 1. The van der Waals surface area contributed by atoms with Crippen LogP contribution in [0.4, 0.5) is 5.82 Å². The minimum absolute atomic E-state index is 0.344. The van der Waals surface area contributed by atoms with Gasteiger partial charge in [0.25, 0.3) is 5.91 Å². The van der Waals surface area contributed by atoms with Crippen LogP contribution in [-0.4, -0.2) is 48.0 Å². The Labute approximate surface area is 193 Å². The standard InChI is InChI=1S/C25H31N5OS/c26-24(31)21-15-28-25(29-19-5-4-10-27-14-19)20-13-22(32-23(20)21)18-8-6-17(7-9-18)16-30-11-2-1-3-12-30/h6-9,13,15,19,27H,1-5,10-12,14,16H2,(H2,26,31)(H,28,29)/t19-/m0/s1. The van der Waals surface area contributed by atoms with E-state index in [1.807, 2.05) is 0 Å². The molecule has 6 nitrogen and oxygen atoms in total. The molecule has 2 aromatic heterocycles. The maximum absolute atomic E-state index is 12.0. The van der Waals surface area contributed by atoms with Gasteiger partial charge in [0.1, 0.15) is 5.82 Å². The molecule has 0 radical (unpaired) electrons. The Bertz CT molecular complexity index is 1080. The maximum atomic E-state index is 12.0. The van der Waals surface area contributed by atoms with Crippen molar-refractivity contribution in [1.29, 1.82) is 0 Å². The fraction of sp³-hybridized carbons (Fsp3) is 0.440. The number of rotatable bonds is 6. The second-order valence-corrected chi connectivity index (χ2v) is 10.0. The molecule has 1 amide bonds. The van der Waals surface area contributed by atoms with Gasteiger partial charge in [-0.05, 0) is 62.5 Å². The van der Waals surface area contributed by atoms with E-state index in [-0.39, 0.29) is 0 Å². The van der Waals surface area contributed by atoms with Gasteiger partial charge in [0.2, 0.25) is 0 Å². The highest BCUT2D eigenvalue weighted by molar-refractivity contribution is 7.22. The van der Waals surface area contributed by atoms with Crippen molar-refractivity contribution in [3.63, 3.8) is 0 Å². The molecule has 0 spiro atoms. The number of amides is 1. The summed E-state index contributed by atoms with van der Waals surface area (Å²) in [6.45, 7) is 5.42. The maximum Gasteiger partial charge on any atom is 0.251 e. The van der Waals surface area contributed by atoms with E-state index < -0.39 is 5.91 Å². The summed E-state index contributed by atoms with van der Waals surface area (Å²) >= 11 is 1.62. The number of nitrogens with one attached hydrogen (secondary N) is 2. The molecule has 2 aliphatic heterocycles. The number of nitrogens with zero attached hydrogens (tertiary/aromatic N) is 2. The lowest BCUT2D eigenvalue weighted by Gasteiger charge is -2.26. The quantitative estimate of drug-likeness (QED) is 0.525. The van der Waals surface area contributed by atoms with Gasteiger partial charge in [0.15, 0.2) is 0 Å². The SMILES string of the molecule is NC(=O)c1cnc(N[C@H]2CCCNC2)c2cc(-c3ccc(CN4CCCCC4)cc3)sc12. The summed E-state index contributed by atoms with van der Waals surface area (Å²) in [5, 5.41) is 7.99. The number of pyridine rings is 1. The molecule has 2 fully saturated rings. The first kappa shape index (κ1) is 21.4. The Hall–Kier alpha value is -2.48. The van der Waals surface area contributed by atoms with Crippen LogP contribution in [0.15, 0.2) is 36.5 Å². The molecule has 0 saturated carbocycles. The molecule has 4 N–H and O–H groups in total. The monoisotopic (exact) mass is 449 g/mol. The zero-order valence-electron chi connectivity index (χ0n) is 18.4. The van der Waals surface area contributed by atoms with Crippen LogP contribution >= 0.6 is 11.3 Å². The minimum atomic E-state index is -0.432. The first-order chi connectivity index (χ1) is 15.7. The van der Waals surface area contributed by atoms with Gasteiger partial charge in [-0.2, -0.15) is 0 Å². The second kappa shape index (κ2) is 9.57. The van der Waals surface area contributed by atoms with Crippen molar-refractivity contribution in [1.82, 2.24) is 15.2 Å². The van der Waals surface area contributed by atoms with Crippen LogP contribution < -0.4 is 16.4 Å². The molecule has 2 aliphatic rings. The van der Waals surface area contributed by atoms with Crippen molar-refractivity contribution in [2.75, 3.05) is 31.5 Å².